The van der Waals surface area contributed by atoms with Gasteiger partial charge in [-0.1, -0.05) is 13.3 Å². The number of anilines is 1. The molecule has 0 aromatic carbocycles. The third kappa shape index (κ3) is 2.97. The lowest BCUT2D eigenvalue weighted by molar-refractivity contribution is 0.0696. The van der Waals surface area contributed by atoms with Crippen molar-refractivity contribution in [2.24, 2.45) is 5.92 Å². The number of aromatic carboxylic acids is 1. The van der Waals surface area contributed by atoms with Gasteiger partial charge < -0.3 is 10.0 Å². The number of hydrogen-bond acceptors (Lipinski definition) is 4. The first-order chi connectivity index (χ1) is 8.70. The van der Waals surface area contributed by atoms with Crippen LogP contribution in [0.2, 0.25) is 0 Å². The van der Waals surface area contributed by atoms with Gasteiger partial charge in [0.05, 0.1) is 5.56 Å². The molecule has 1 saturated heterocycles. The second kappa shape index (κ2) is 5.80. The Kier molecular flexibility index (Phi) is 4.12. The van der Waals surface area contributed by atoms with Crippen LogP contribution in [0.1, 0.15) is 43.0 Å². The van der Waals surface area contributed by atoms with Gasteiger partial charge in [-0.05, 0) is 25.2 Å². The first kappa shape index (κ1) is 12.8. The normalized spacial score (nSPS) is 20.5. The molecule has 5 heteroatoms. The minimum absolute atomic E-state index is 0.139. The van der Waals surface area contributed by atoms with Gasteiger partial charge in [0, 0.05) is 25.5 Å². The molecule has 1 aliphatic heterocycles. The Balaban J connectivity index is 2.04. The van der Waals surface area contributed by atoms with Gasteiger partial charge in [0.1, 0.15) is 0 Å². The van der Waals surface area contributed by atoms with Crippen molar-refractivity contribution in [1.29, 1.82) is 0 Å². The Morgan fingerprint density at radius 1 is 1.39 bits per heavy atom. The molecular formula is C13H19N3O2. The SMILES string of the molecule is CCC1CCCN(c2ncc(C(=O)O)cn2)CC1. The van der Waals surface area contributed by atoms with Crippen LogP contribution >= 0.6 is 0 Å². The van der Waals surface area contributed by atoms with Crippen LogP contribution in [-0.2, 0) is 0 Å². The van der Waals surface area contributed by atoms with Gasteiger partial charge in [0.2, 0.25) is 5.95 Å². The summed E-state index contributed by atoms with van der Waals surface area (Å²) in [5.41, 5.74) is 0.139. The summed E-state index contributed by atoms with van der Waals surface area (Å²) in [4.78, 5) is 21.2. The molecule has 1 fully saturated rings. The van der Waals surface area contributed by atoms with Crippen molar-refractivity contribution < 1.29 is 9.90 Å². The van der Waals surface area contributed by atoms with Gasteiger partial charge in [-0.3, -0.25) is 0 Å². The fourth-order valence-electron chi connectivity index (χ4n) is 2.37. The highest BCUT2D eigenvalue weighted by atomic mass is 16.4. The molecule has 18 heavy (non-hydrogen) atoms. The molecule has 0 saturated carbocycles. The van der Waals surface area contributed by atoms with Gasteiger partial charge in [-0.25, -0.2) is 14.8 Å². The van der Waals surface area contributed by atoms with Crippen molar-refractivity contribution >= 4 is 11.9 Å². The average Bonchev–Trinajstić information content (AvgIpc) is 2.64. The Bertz CT molecular complexity index is 405. The van der Waals surface area contributed by atoms with Crippen molar-refractivity contribution in [2.45, 2.75) is 32.6 Å². The second-order valence-electron chi connectivity index (χ2n) is 4.77. The fraction of sp³-hybridized carbons (Fsp3) is 0.615. The predicted octanol–water partition coefficient (Wildman–Crippen LogP) is 2.19. The molecule has 1 unspecified atom stereocenters. The first-order valence-electron chi connectivity index (χ1n) is 6.51. The Morgan fingerprint density at radius 2 is 2.11 bits per heavy atom. The molecule has 0 amide bonds. The number of aromatic nitrogens is 2. The fourth-order valence-corrected chi connectivity index (χ4v) is 2.37. The number of nitrogens with zero attached hydrogens (tertiary/aromatic N) is 3. The quantitative estimate of drug-likeness (QED) is 0.889. The molecule has 5 nitrogen and oxygen atoms in total. The van der Waals surface area contributed by atoms with Gasteiger partial charge in [0.15, 0.2) is 0 Å². The number of carbonyl (C=O) groups is 1. The minimum atomic E-state index is -0.983. The van der Waals surface area contributed by atoms with Gasteiger partial charge in [-0.2, -0.15) is 0 Å². The largest absolute Gasteiger partial charge is 0.478 e. The van der Waals surface area contributed by atoms with E-state index in [4.69, 9.17) is 5.11 Å². The summed E-state index contributed by atoms with van der Waals surface area (Å²) < 4.78 is 0. The van der Waals surface area contributed by atoms with Gasteiger partial charge in [0.25, 0.3) is 0 Å². The van der Waals surface area contributed by atoms with Crippen molar-refractivity contribution in [3.63, 3.8) is 0 Å². The molecule has 98 valence electrons. The van der Waals surface area contributed by atoms with Crippen LogP contribution in [0.25, 0.3) is 0 Å². The molecule has 0 radical (unpaired) electrons. The molecule has 0 bridgehead atoms. The number of rotatable bonds is 3. The van der Waals surface area contributed by atoms with Gasteiger partial charge in [-0.15, -0.1) is 0 Å². The molecule has 1 aliphatic rings. The maximum absolute atomic E-state index is 10.7. The third-order valence-electron chi connectivity index (χ3n) is 3.59. The highest BCUT2D eigenvalue weighted by Gasteiger charge is 2.17. The van der Waals surface area contributed by atoms with E-state index in [1.54, 1.807) is 0 Å². The molecule has 1 atom stereocenters. The van der Waals surface area contributed by atoms with E-state index in [0.29, 0.717) is 5.95 Å². The summed E-state index contributed by atoms with van der Waals surface area (Å²) in [6.07, 6.45) is 7.58. The van der Waals surface area contributed by atoms with Gasteiger partial charge >= 0.3 is 5.97 Å². The molecule has 1 aromatic rings. The summed E-state index contributed by atoms with van der Waals surface area (Å²) in [7, 11) is 0. The zero-order valence-electron chi connectivity index (χ0n) is 10.7. The van der Waals surface area contributed by atoms with Crippen molar-refractivity contribution in [3.8, 4) is 0 Å². The highest BCUT2D eigenvalue weighted by molar-refractivity contribution is 5.86. The summed E-state index contributed by atoms with van der Waals surface area (Å²) >= 11 is 0. The van der Waals surface area contributed by atoms with Crippen molar-refractivity contribution in [3.05, 3.63) is 18.0 Å². The molecule has 0 aliphatic carbocycles. The predicted molar refractivity (Wildman–Crippen MR) is 68.8 cm³/mol. The lowest BCUT2D eigenvalue weighted by Crippen LogP contribution is -2.26. The molecular weight excluding hydrogens is 230 g/mol. The standard InChI is InChI=1S/C13H19N3O2/c1-2-10-4-3-6-16(7-5-10)13-14-8-11(9-15-13)12(17)18/h8-10H,2-7H2,1H3,(H,17,18). The Labute approximate surface area is 107 Å². The monoisotopic (exact) mass is 249 g/mol. The summed E-state index contributed by atoms with van der Waals surface area (Å²) in [6.45, 7) is 4.16. The molecule has 2 heterocycles. The number of carboxylic acids is 1. The van der Waals surface area contributed by atoms with E-state index >= 15 is 0 Å². The van der Waals surface area contributed by atoms with Crippen LogP contribution in [0.5, 0.6) is 0 Å². The maximum Gasteiger partial charge on any atom is 0.338 e. The summed E-state index contributed by atoms with van der Waals surface area (Å²) in [5.74, 6) is 0.466. The van der Waals surface area contributed by atoms with E-state index in [1.807, 2.05) is 0 Å². The van der Waals surface area contributed by atoms with E-state index in [1.165, 1.54) is 31.7 Å². The van der Waals surface area contributed by atoms with Crippen molar-refractivity contribution in [2.75, 3.05) is 18.0 Å². The number of carboxylic acid groups (broad SMARTS) is 1. The van der Waals surface area contributed by atoms with Crippen LogP contribution in [-0.4, -0.2) is 34.1 Å². The highest BCUT2D eigenvalue weighted by Crippen LogP contribution is 2.22. The summed E-state index contributed by atoms with van der Waals surface area (Å²) in [6, 6.07) is 0. The minimum Gasteiger partial charge on any atom is -0.478 e. The zero-order valence-corrected chi connectivity index (χ0v) is 10.7. The molecule has 1 N–H and O–H groups in total. The van der Waals surface area contributed by atoms with Crippen molar-refractivity contribution in [1.82, 2.24) is 9.97 Å². The zero-order chi connectivity index (χ0) is 13.0. The van der Waals surface area contributed by atoms with E-state index < -0.39 is 5.97 Å². The average molecular weight is 249 g/mol. The Morgan fingerprint density at radius 3 is 2.72 bits per heavy atom. The maximum atomic E-state index is 10.7. The summed E-state index contributed by atoms with van der Waals surface area (Å²) in [5, 5.41) is 8.80. The molecule has 2 rings (SSSR count). The van der Waals surface area contributed by atoms with Crippen LogP contribution in [0, 0.1) is 5.92 Å². The lowest BCUT2D eigenvalue weighted by atomic mass is 9.98. The number of hydrogen-bond donors (Lipinski definition) is 1. The van der Waals surface area contributed by atoms with Crippen LogP contribution in [0.15, 0.2) is 12.4 Å². The molecule has 0 spiro atoms. The van der Waals surface area contributed by atoms with Crippen LogP contribution in [0.3, 0.4) is 0 Å². The first-order valence-corrected chi connectivity index (χ1v) is 6.51. The van der Waals surface area contributed by atoms with E-state index in [-0.39, 0.29) is 5.56 Å². The second-order valence-corrected chi connectivity index (χ2v) is 4.77. The van der Waals surface area contributed by atoms with Crippen LogP contribution in [0.4, 0.5) is 5.95 Å². The van der Waals surface area contributed by atoms with E-state index in [0.717, 1.165) is 25.4 Å². The van der Waals surface area contributed by atoms with E-state index in [2.05, 4.69) is 21.8 Å². The third-order valence-corrected chi connectivity index (χ3v) is 3.59. The smallest absolute Gasteiger partial charge is 0.338 e. The Hall–Kier alpha value is -1.65. The topological polar surface area (TPSA) is 66.3 Å². The van der Waals surface area contributed by atoms with Crippen LogP contribution < -0.4 is 4.90 Å². The molecule has 1 aromatic heterocycles. The van der Waals surface area contributed by atoms with E-state index in [9.17, 15) is 4.79 Å². The lowest BCUT2D eigenvalue weighted by Gasteiger charge is -2.20.